The van der Waals surface area contributed by atoms with Crippen LogP contribution in [0.25, 0.3) is 0 Å². The molecule has 0 spiro atoms. The highest BCUT2D eigenvalue weighted by Gasteiger charge is 2.23. The molecule has 0 saturated carbocycles. The van der Waals surface area contributed by atoms with Crippen molar-refractivity contribution in [1.29, 1.82) is 0 Å². The molecule has 0 atom stereocenters. The van der Waals surface area contributed by atoms with Crippen molar-refractivity contribution in [3.05, 3.63) is 23.2 Å². The summed E-state index contributed by atoms with van der Waals surface area (Å²) in [5.74, 6) is 0. The van der Waals surface area contributed by atoms with E-state index in [-0.39, 0.29) is 9.92 Å². The van der Waals surface area contributed by atoms with Crippen LogP contribution in [0, 0.1) is 0 Å². The number of hydrogen-bond acceptors (Lipinski definition) is 2. The Hall–Kier alpha value is -0.515. The number of rotatable bonds is 2. The van der Waals surface area contributed by atoms with Gasteiger partial charge in [0.25, 0.3) is 0 Å². The zero-order valence-electron chi connectivity index (χ0n) is 9.83. The zero-order valence-corrected chi connectivity index (χ0v) is 11.4. The molecule has 0 saturated heterocycles. The van der Waals surface area contributed by atoms with Crippen molar-refractivity contribution in [3.63, 3.8) is 0 Å². The summed E-state index contributed by atoms with van der Waals surface area (Å²) < 4.78 is 26.5. The predicted molar refractivity (Wildman–Crippen MR) is 69.7 cm³/mol. The summed E-state index contributed by atoms with van der Waals surface area (Å²) in [6.07, 6.45) is 0. The standard InChI is InChI=1S/C10H15BClNO2S/c1-10(2,3)13-16(14,15)9-5-4-7(11)6-8(9)12/h4-6,13H,11H2,1-3H3. The summed E-state index contributed by atoms with van der Waals surface area (Å²) in [5.41, 5.74) is 0.410. The van der Waals surface area contributed by atoms with Gasteiger partial charge in [0.1, 0.15) is 12.7 Å². The van der Waals surface area contributed by atoms with Crippen molar-refractivity contribution in [3.8, 4) is 0 Å². The second kappa shape index (κ2) is 4.39. The van der Waals surface area contributed by atoms with Gasteiger partial charge < -0.3 is 0 Å². The molecule has 1 rings (SSSR count). The topological polar surface area (TPSA) is 46.2 Å². The van der Waals surface area contributed by atoms with Crippen LogP contribution in [0.5, 0.6) is 0 Å². The van der Waals surface area contributed by atoms with Crippen molar-refractivity contribution >= 4 is 34.9 Å². The average Bonchev–Trinajstić information content (AvgIpc) is 1.97. The fraction of sp³-hybridized carbons (Fsp3) is 0.400. The molecule has 0 fully saturated rings. The minimum absolute atomic E-state index is 0.120. The van der Waals surface area contributed by atoms with Gasteiger partial charge in [-0.25, -0.2) is 13.1 Å². The van der Waals surface area contributed by atoms with Gasteiger partial charge in [0.15, 0.2) is 0 Å². The number of halogens is 1. The van der Waals surface area contributed by atoms with Gasteiger partial charge in [0.05, 0.1) is 5.02 Å². The first-order valence-electron chi connectivity index (χ1n) is 4.92. The first-order valence-corrected chi connectivity index (χ1v) is 6.78. The summed E-state index contributed by atoms with van der Waals surface area (Å²) in [6, 6.07) is 4.88. The second-order valence-corrected chi connectivity index (χ2v) is 6.85. The van der Waals surface area contributed by atoms with Crippen molar-refractivity contribution in [1.82, 2.24) is 4.72 Å². The lowest BCUT2D eigenvalue weighted by molar-refractivity contribution is 0.491. The average molecular weight is 260 g/mol. The largest absolute Gasteiger partial charge is 0.242 e. The Bertz CT molecular complexity index is 494. The van der Waals surface area contributed by atoms with Gasteiger partial charge in [0.2, 0.25) is 10.0 Å². The molecule has 3 nitrogen and oxygen atoms in total. The van der Waals surface area contributed by atoms with Crippen LogP contribution in [-0.4, -0.2) is 21.8 Å². The Labute approximate surface area is 103 Å². The van der Waals surface area contributed by atoms with Gasteiger partial charge >= 0.3 is 0 Å². The van der Waals surface area contributed by atoms with E-state index in [1.54, 1.807) is 32.9 Å². The van der Waals surface area contributed by atoms with E-state index < -0.39 is 15.6 Å². The zero-order chi connectivity index (χ0) is 12.6. The maximum Gasteiger partial charge on any atom is 0.242 e. The van der Waals surface area contributed by atoms with E-state index in [0.29, 0.717) is 0 Å². The molecule has 0 heterocycles. The third kappa shape index (κ3) is 3.51. The molecular formula is C10H15BClNO2S. The highest BCUT2D eigenvalue weighted by molar-refractivity contribution is 7.89. The van der Waals surface area contributed by atoms with Gasteiger partial charge in [-0.1, -0.05) is 23.1 Å². The van der Waals surface area contributed by atoms with Crippen LogP contribution >= 0.6 is 11.6 Å². The third-order valence-corrected chi connectivity index (χ3v) is 4.06. The van der Waals surface area contributed by atoms with Crippen molar-refractivity contribution < 1.29 is 8.42 Å². The van der Waals surface area contributed by atoms with E-state index in [4.69, 9.17) is 11.6 Å². The van der Waals surface area contributed by atoms with Gasteiger partial charge in [-0.15, -0.1) is 0 Å². The SMILES string of the molecule is Bc1ccc(S(=O)(=O)NC(C)(C)C)c(Cl)c1. The molecular weight excluding hydrogens is 244 g/mol. The number of sulfonamides is 1. The van der Waals surface area contributed by atoms with Crippen LogP contribution in [0.2, 0.25) is 5.02 Å². The molecule has 0 radical (unpaired) electrons. The molecule has 6 heteroatoms. The summed E-state index contributed by atoms with van der Waals surface area (Å²) in [6.45, 7) is 5.35. The van der Waals surface area contributed by atoms with Crippen LogP contribution in [0.15, 0.2) is 23.1 Å². The monoisotopic (exact) mass is 259 g/mol. The minimum atomic E-state index is -3.55. The third-order valence-electron chi connectivity index (χ3n) is 1.82. The molecule has 1 aromatic carbocycles. The number of hydrogen-bond donors (Lipinski definition) is 1. The lowest BCUT2D eigenvalue weighted by Gasteiger charge is -2.20. The van der Waals surface area contributed by atoms with Crippen LogP contribution in [0.1, 0.15) is 20.8 Å². The maximum atomic E-state index is 12.0. The maximum absolute atomic E-state index is 12.0. The predicted octanol–water partition coefficient (Wildman–Crippen LogP) is 0.675. The highest BCUT2D eigenvalue weighted by atomic mass is 35.5. The fourth-order valence-corrected chi connectivity index (χ4v) is 3.30. The van der Waals surface area contributed by atoms with E-state index in [1.807, 2.05) is 7.85 Å². The quantitative estimate of drug-likeness (QED) is 0.794. The summed E-state index contributed by atoms with van der Waals surface area (Å²) in [7, 11) is -1.69. The molecule has 0 aliphatic carbocycles. The fourth-order valence-electron chi connectivity index (χ4n) is 1.28. The molecule has 0 unspecified atom stereocenters. The van der Waals surface area contributed by atoms with Crippen molar-refractivity contribution in [2.24, 2.45) is 0 Å². The smallest absolute Gasteiger partial charge is 0.207 e. The first-order chi connectivity index (χ1) is 7.12. The molecule has 16 heavy (non-hydrogen) atoms. The highest BCUT2D eigenvalue weighted by Crippen LogP contribution is 2.20. The van der Waals surface area contributed by atoms with E-state index in [0.717, 1.165) is 5.46 Å². The Morgan fingerprint density at radius 3 is 2.31 bits per heavy atom. The van der Waals surface area contributed by atoms with Crippen LogP contribution in [0.4, 0.5) is 0 Å². The Balaban J connectivity index is 3.18. The molecule has 1 N–H and O–H groups in total. The van der Waals surface area contributed by atoms with E-state index in [1.165, 1.54) is 6.07 Å². The molecule has 1 aromatic rings. The number of nitrogens with one attached hydrogen (secondary N) is 1. The number of benzene rings is 1. The molecule has 88 valence electrons. The van der Waals surface area contributed by atoms with Crippen LogP contribution in [0.3, 0.4) is 0 Å². The first kappa shape index (κ1) is 13.5. The molecule has 0 bridgehead atoms. The normalized spacial score (nSPS) is 12.8. The van der Waals surface area contributed by atoms with Gasteiger partial charge in [-0.3, -0.25) is 0 Å². The van der Waals surface area contributed by atoms with Crippen LogP contribution in [-0.2, 0) is 10.0 Å². The van der Waals surface area contributed by atoms with E-state index in [2.05, 4.69) is 4.72 Å². The molecule has 0 amide bonds. The Morgan fingerprint density at radius 2 is 1.88 bits per heavy atom. The molecule has 0 aliphatic heterocycles. The summed E-state index contributed by atoms with van der Waals surface area (Å²) in [4.78, 5) is 0.120. The second-order valence-electron chi connectivity index (χ2n) is 4.79. The van der Waals surface area contributed by atoms with Gasteiger partial charge in [-0.05, 0) is 32.9 Å². The van der Waals surface area contributed by atoms with Crippen molar-refractivity contribution in [2.45, 2.75) is 31.2 Å². The van der Waals surface area contributed by atoms with E-state index >= 15 is 0 Å². The molecule has 0 aliphatic rings. The summed E-state index contributed by atoms with van der Waals surface area (Å²) in [5, 5.41) is 0.247. The van der Waals surface area contributed by atoms with Gasteiger partial charge in [-0.2, -0.15) is 0 Å². The molecule has 0 aromatic heterocycles. The van der Waals surface area contributed by atoms with Crippen LogP contribution < -0.4 is 10.2 Å². The lowest BCUT2D eigenvalue weighted by Crippen LogP contribution is -2.40. The summed E-state index contributed by atoms with van der Waals surface area (Å²) >= 11 is 5.92. The van der Waals surface area contributed by atoms with Gasteiger partial charge in [0, 0.05) is 5.54 Å². The van der Waals surface area contributed by atoms with E-state index in [9.17, 15) is 8.42 Å². The minimum Gasteiger partial charge on any atom is -0.207 e. The Morgan fingerprint density at radius 1 is 1.31 bits per heavy atom. The Kier molecular flexibility index (Phi) is 3.72. The van der Waals surface area contributed by atoms with Crippen molar-refractivity contribution in [2.75, 3.05) is 0 Å². The lowest BCUT2D eigenvalue weighted by atomic mass is 9.97.